The molecule has 2 aromatic heterocycles. The Hall–Kier alpha value is -2.72. The van der Waals surface area contributed by atoms with Crippen LogP contribution < -0.4 is 10.6 Å². The average Bonchev–Trinajstić information content (AvgIpc) is 3.26. The molecule has 2 heterocycles. The van der Waals surface area contributed by atoms with Gasteiger partial charge in [-0.2, -0.15) is 0 Å². The fourth-order valence-electron chi connectivity index (χ4n) is 2.18. The Kier molecular flexibility index (Phi) is 6.20. The van der Waals surface area contributed by atoms with E-state index in [9.17, 15) is 9.59 Å². The summed E-state index contributed by atoms with van der Waals surface area (Å²) in [5.74, 6) is 0.368. The van der Waals surface area contributed by atoms with Crippen LogP contribution in [-0.2, 0) is 23.1 Å². The maximum Gasteiger partial charge on any atom is 0.236 e. The minimum atomic E-state index is -0.174. The van der Waals surface area contributed by atoms with Crippen LogP contribution in [0.1, 0.15) is 11.4 Å². The summed E-state index contributed by atoms with van der Waals surface area (Å²) < 4.78 is 1.72. The van der Waals surface area contributed by atoms with E-state index < -0.39 is 0 Å². The third kappa shape index (κ3) is 5.38. The third-order valence-corrected chi connectivity index (χ3v) is 5.30. The molecule has 0 spiro atoms. The highest BCUT2D eigenvalue weighted by Crippen LogP contribution is 2.17. The van der Waals surface area contributed by atoms with E-state index in [2.05, 4.69) is 25.8 Å². The van der Waals surface area contributed by atoms with Gasteiger partial charge in [-0.25, -0.2) is 4.98 Å². The van der Waals surface area contributed by atoms with Crippen LogP contribution in [0, 0.1) is 6.92 Å². The SMILES string of the molecule is Cc1ccc(NC(=O)Cc2nnc(SCC(=O)Nc3nccs3)n2C)cc1. The number of carbonyl (C=O) groups is 2. The zero-order chi connectivity index (χ0) is 19.2. The second-order valence-corrected chi connectivity index (χ2v) is 7.56. The summed E-state index contributed by atoms with van der Waals surface area (Å²) in [7, 11) is 1.77. The summed E-state index contributed by atoms with van der Waals surface area (Å²) in [6, 6.07) is 7.57. The van der Waals surface area contributed by atoms with Gasteiger partial charge < -0.3 is 15.2 Å². The smallest absolute Gasteiger partial charge is 0.236 e. The van der Waals surface area contributed by atoms with Crippen molar-refractivity contribution in [3.05, 3.63) is 47.2 Å². The highest BCUT2D eigenvalue weighted by Gasteiger charge is 2.15. The van der Waals surface area contributed by atoms with Crippen LogP contribution in [0.3, 0.4) is 0 Å². The lowest BCUT2D eigenvalue weighted by atomic mass is 10.2. The Morgan fingerprint density at radius 2 is 1.93 bits per heavy atom. The van der Waals surface area contributed by atoms with Crippen LogP contribution in [0.4, 0.5) is 10.8 Å². The second-order valence-electron chi connectivity index (χ2n) is 5.72. The zero-order valence-electron chi connectivity index (χ0n) is 14.8. The zero-order valence-corrected chi connectivity index (χ0v) is 16.4. The molecule has 0 aliphatic rings. The highest BCUT2D eigenvalue weighted by molar-refractivity contribution is 7.99. The largest absolute Gasteiger partial charge is 0.326 e. The van der Waals surface area contributed by atoms with Gasteiger partial charge in [0, 0.05) is 24.3 Å². The van der Waals surface area contributed by atoms with E-state index in [1.807, 2.05) is 31.2 Å². The molecular formula is C17H18N6O2S2. The Morgan fingerprint density at radius 1 is 1.15 bits per heavy atom. The maximum atomic E-state index is 12.2. The molecular weight excluding hydrogens is 384 g/mol. The first-order valence-electron chi connectivity index (χ1n) is 8.08. The van der Waals surface area contributed by atoms with E-state index >= 15 is 0 Å². The Balaban J connectivity index is 1.52. The molecule has 27 heavy (non-hydrogen) atoms. The number of thioether (sulfide) groups is 1. The molecule has 3 rings (SSSR count). The molecule has 0 saturated heterocycles. The van der Waals surface area contributed by atoms with E-state index in [0.29, 0.717) is 16.1 Å². The summed E-state index contributed by atoms with van der Waals surface area (Å²) in [6.45, 7) is 1.99. The third-order valence-electron chi connectivity index (χ3n) is 3.59. The van der Waals surface area contributed by atoms with Crippen LogP contribution in [0.25, 0.3) is 0 Å². The molecule has 0 atom stereocenters. The lowest BCUT2D eigenvalue weighted by Crippen LogP contribution is -2.17. The van der Waals surface area contributed by atoms with Crippen molar-refractivity contribution in [1.82, 2.24) is 19.7 Å². The van der Waals surface area contributed by atoms with E-state index in [1.54, 1.807) is 23.2 Å². The second kappa shape index (κ2) is 8.78. The molecule has 2 amide bonds. The highest BCUT2D eigenvalue weighted by atomic mass is 32.2. The van der Waals surface area contributed by atoms with Crippen molar-refractivity contribution >= 4 is 45.7 Å². The number of amides is 2. The van der Waals surface area contributed by atoms with Gasteiger partial charge in [0.15, 0.2) is 10.3 Å². The van der Waals surface area contributed by atoms with Gasteiger partial charge in [0.1, 0.15) is 5.82 Å². The van der Waals surface area contributed by atoms with Gasteiger partial charge >= 0.3 is 0 Å². The standard InChI is InChI=1S/C17H18N6O2S2/c1-11-3-5-12(6-4-11)19-14(24)9-13-21-22-17(23(13)2)27-10-15(25)20-16-18-7-8-26-16/h3-8H,9-10H2,1-2H3,(H,19,24)(H,18,20,25). The van der Waals surface area contributed by atoms with Crippen LogP contribution >= 0.6 is 23.1 Å². The lowest BCUT2D eigenvalue weighted by Gasteiger charge is -2.06. The fourth-order valence-corrected chi connectivity index (χ4v) is 3.46. The molecule has 0 fully saturated rings. The topological polar surface area (TPSA) is 102 Å². The van der Waals surface area contributed by atoms with Gasteiger partial charge in [0.05, 0.1) is 12.2 Å². The minimum absolute atomic E-state index is 0.100. The molecule has 0 aliphatic carbocycles. The number of hydrogen-bond acceptors (Lipinski definition) is 7. The summed E-state index contributed by atoms with van der Waals surface area (Å²) >= 11 is 2.61. The molecule has 0 radical (unpaired) electrons. The first-order chi connectivity index (χ1) is 13.0. The average molecular weight is 403 g/mol. The monoisotopic (exact) mass is 402 g/mol. The summed E-state index contributed by atoms with van der Waals surface area (Å²) in [6.07, 6.45) is 1.73. The van der Waals surface area contributed by atoms with E-state index in [0.717, 1.165) is 11.3 Å². The van der Waals surface area contributed by atoms with Crippen LogP contribution in [0.2, 0.25) is 0 Å². The van der Waals surface area contributed by atoms with E-state index in [-0.39, 0.29) is 24.0 Å². The molecule has 0 bridgehead atoms. The fraction of sp³-hybridized carbons (Fsp3) is 0.235. The Labute approximate surface area is 164 Å². The van der Waals surface area contributed by atoms with Crippen molar-refractivity contribution in [3.8, 4) is 0 Å². The first-order valence-corrected chi connectivity index (χ1v) is 9.94. The number of hydrogen-bond donors (Lipinski definition) is 2. The van der Waals surface area contributed by atoms with Crippen LogP contribution in [0.15, 0.2) is 41.0 Å². The number of nitrogens with zero attached hydrogens (tertiary/aromatic N) is 4. The van der Waals surface area contributed by atoms with Crippen molar-refractivity contribution < 1.29 is 9.59 Å². The minimum Gasteiger partial charge on any atom is -0.326 e. The quantitative estimate of drug-likeness (QED) is 0.589. The molecule has 10 heteroatoms. The number of nitrogens with one attached hydrogen (secondary N) is 2. The van der Waals surface area contributed by atoms with Gasteiger partial charge in [-0.1, -0.05) is 29.5 Å². The van der Waals surface area contributed by atoms with Crippen molar-refractivity contribution in [3.63, 3.8) is 0 Å². The van der Waals surface area contributed by atoms with Crippen LogP contribution in [0.5, 0.6) is 0 Å². The summed E-state index contributed by atoms with van der Waals surface area (Å²) in [5.41, 5.74) is 1.86. The van der Waals surface area contributed by atoms with Gasteiger partial charge in [0.2, 0.25) is 11.8 Å². The molecule has 3 aromatic rings. The van der Waals surface area contributed by atoms with Crippen molar-refractivity contribution in [2.24, 2.45) is 7.05 Å². The molecule has 8 nitrogen and oxygen atoms in total. The lowest BCUT2D eigenvalue weighted by molar-refractivity contribution is -0.116. The van der Waals surface area contributed by atoms with E-state index in [1.165, 1.54) is 23.1 Å². The van der Waals surface area contributed by atoms with Gasteiger partial charge in [0.25, 0.3) is 0 Å². The predicted octanol–water partition coefficient (Wildman–Crippen LogP) is 2.49. The van der Waals surface area contributed by atoms with Gasteiger partial charge in [-0.3, -0.25) is 9.59 Å². The molecule has 1 aromatic carbocycles. The van der Waals surface area contributed by atoms with Crippen LogP contribution in [-0.4, -0.2) is 37.3 Å². The number of carbonyl (C=O) groups excluding carboxylic acids is 2. The number of benzene rings is 1. The molecule has 0 aliphatic heterocycles. The predicted molar refractivity (Wildman–Crippen MR) is 106 cm³/mol. The van der Waals surface area contributed by atoms with Gasteiger partial charge in [-0.05, 0) is 19.1 Å². The van der Waals surface area contributed by atoms with Gasteiger partial charge in [-0.15, -0.1) is 21.5 Å². The molecule has 0 saturated carbocycles. The first kappa shape index (κ1) is 19.1. The van der Waals surface area contributed by atoms with Crippen molar-refractivity contribution in [1.29, 1.82) is 0 Å². The normalized spacial score (nSPS) is 10.6. The maximum absolute atomic E-state index is 12.2. The molecule has 2 N–H and O–H groups in total. The number of anilines is 2. The number of aryl methyl sites for hydroxylation is 1. The summed E-state index contributed by atoms with van der Waals surface area (Å²) in [5, 5.41) is 16.6. The van der Waals surface area contributed by atoms with Crippen molar-refractivity contribution in [2.45, 2.75) is 18.5 Å². The number of thiazole rings is 1. The number of rotatable bonds is 7. The Morgan fingerprint density at radius 3 is 2.63 bits per heavy atom. The Bertz CT molecular complexity index is 922. The van der Waals surface area contributed by atoms with Crippen molar-refractivity contribution in [2.75, 3.05) is 16.4 Å². The van der Waals surface area contributed by atoms with E-state index in [4.69, 9.17) is 0 Å². The molecule has 140 valence electrons. The summed E-state index contributed by atoms with van der Waals surface area (Å²) in [4.78, 5) is 28.1. The number of aromatic nitrogens is 4. The molecule has 0 unspecified atom stereocenters.